The average Bonchev–Trinajstić information content (AvgIpc) is 2.74. The van der Waals surface area contributed by atoms with Crippen LogP contribution in [-0.4, -0.2) is 25.2 Å². The molecular weight excluding hydrogens is 423 g/mol. The summed E-state index contributed by atoms with van der Waals surface area (Å²) >= 11 is 13.5. The van der Waals surface area contributed by atoms with E-state index in [1.54, 1.807) is 26.0 Å². The molecular formula is C24H18Cl2O4. The van der Waals surface area contributed by atoms with E-state index in [4.69, 9.17) is 32.7 Å². The summed E-state index contributed by atoms with van der Waals surface area (Å²) in [7, 11) is 0. The summed E-state index contributed by atoms with van der Waals surface area (Å²) in [5, 5.41) is 5.77. The van der Waals surface area contributed by atoms with Crippen molar-refractivity contribution >= 4 is 67.5 Å². The number of rotatable bonds is 4. The summed E-state index contributed by atoms with van der Waals surface area (Å²) in [6.07, 6.45) is 0. The third-order valence-electron chi connectivity index (χ3n) is 4.98. The van der Waals surface area contributed by atoms with Gasteiger partial charge >= 0.3 is 11.9 Å². The number of ether oxygens (including phenoxy) is 2. The molecule has 0 amide bonds. The number of carbonyl (C=O) groups is 2. The number of hydrogen-bond acceptors (Lipinski definition) is 4. The van der Waals surface area contributed by atoms with Crippen LogP contribution in [0.15, 0.2) is 48.5 Å². The standard InChI is InChI=1S/C24H18Cl2O4/c1-3-29-23(27)19-11-14-10-18-17(9-13-7-5-6-8-15(13)21(18)25)22(26)16(14)12-20(19)24(28)30-4-2/h5-12H,3-4H2,1-2H3. The summed E-state index contributed by atoms with van der Waals surface area (Å²) < 4.78 is 10.3. The van der Waals surface area contributed by atoms with Gasteiger partial charge in [0.05, 0.1) is 34.4 Å². The lowest BCUT2D eigenvalue weighted by Gasteiger charge is -2.14. The van der Waals surface area contributed by atoms with Crippen LogP contribution >= 0.6 is 23.2 Å². The molecule has 4 nitrogen and oxygen atoms in total. The molecule has 0 saturated heterocycles. The minimum absolute atomic E-state index is 0.121. The summed E-state index contributed by atoms with van der Waals surface area (Å²) in [6.45, 7) is 3.79. The summed E-state index contributed by atoms with van der Waals surface area (Å²) in [5.41, 5.74) is 0.256. The van der Waals surface area contributed by atoms with Crippen molar-refractivity contribution in [3.63, 3.8) is 0 Å². The quantitative estimate of drug-likeness (QED) is 0.258. The highest BCUT2D eigenvalue weighted by Gasteiger charge is 2.22. The molecule has 4 rings (SSSR count). The second-order valence-corrected chi connectivity index (χ2v) is 7.51. The normalized spacial score (nSPS) is 11.2. The van der Waals surface area contributed by atoms with Gasteiger partial charge in [-0.2, -0.15) is 0 Å². The summed E-state index contributed by atoms with van der Waals surface area (Å²) in [6, 6.07) is 14.8. The Hall–Kier alpha value is -2.82. The minimum atomic E-state index is -0.602. The first-order chi connectivity index (χ1) is 14.5. The smallest absolute Gasteiger partial charge is 0.339 e. The van der Waals surface area contributed by atoms with Gasteiger partial charge in [0.25, 0.3) is 0 Å². The number of carbonyl (C=O) groups excluding carboxylic acids is 2. The Bertz CT molecular complexity index is 1330. The molecule has 4 aromatic carbocycles. The van der Waals surface area contributed by atoms with E-state index >= 15 is 0 Å². The van der Waals surface area contributed by atoms with Crippen molar-refractivity contribution in [1.29, 1.82) is 0 Å². The van der Waals surface area contributed by atoms with Crippen LogP contribution in [0.3, 0.4) is 0 Å². The highest BCUT2D eigenvalue weighted by Crippen LogP contribution is 2.40. The molecule has 0 aliphatic heterocycles. The van der Waals surface area contributed by atoms with E-state index < -0.39 is 11.9 Å². The number of hydrogen-bond donors (Lipinski definition) is 0. The van der Waals surface area contributed by atoms with Gasteiger partial charge in [0.15, 0.2) is 0 Å². The van der Waals surface area contributed by atoms with Crippen molar-refractivity contribution in [1.82, 2.24) is 0 Å². The monoisotopic (exact) mass is 440 g/mol. The second-order valence-electron chi connectivity index (χ2n) is 6.76. The third kappa shape index (κ3) is 3.36. The molecule has 0 N–H and O–H groups in total. The lowest BCUT2D eigenvalue weighted by molar-refractivity contribution is 0.0479. The maximum atomic E-state index is 12.5. The van der Waals surface area contributed by atoms with Crippen molar-refractivity contribution in [3.05, 3.63) is 69.7 Å². The van der Waals surface area contributed by atoms with Gasteiger partial charge in [-0.05, 0) is 48.9 Å². The van der Waals surface area contributed by atoms with Crippen LogP contribution < -0.4 is 0 Å². The number of fused-ring (bicyclic) bond motifs is 3. The Labute approximate surface area is 183 Å². The largest absolute Gasteiger partial charge is 0.462 e. The van der Waals surface area contributed by atoms with Gasteiger partial charge in [-0.25, -0.2) is 9.59 Å². The zero-order valence-electron chi connectivity index (χ0n) is 16.4. The molecule has 0 unspecified atom stereocenters. The topological polar surface area (TPSA) is 52.6 Å². The maximum Gasteiger partial charge on any atom is 0.339 e. The van der Waals surface area contributed by atoms with Crippen LogP contribution in [0.25, 0.3) is 32.3 Å². The highest BCUT2D eigenvalue weighted by molar-refractivity contribution is 6.46. The fourth-order valence-electron chi connectivity index (χ4n) is 3.62. The van der Waals surface area contributed by atoms with Crippen LogP contribution in [0.4, 0.5) is 0 Å². The van der Waals surface area contributed by atoms with E-state index in [2.05, 4.69) is 0 Å². The first-order valence-corrected chi connectivity index (χ1v) is 10.3. The SMILES string of the molecule is CCOC(=O)c1cc2cc3c(Cl)c4ccccc4cc3c(Cl)c2cc1C(=O)OCC. The molecule has 0 radical (unpaired) electrons. The zero-order valence-corrected chi connectivity index (χ0v) is 17.9. The van der Waals surface area contributed by atoms with E-state index in [9.17, 15) is 9.59 Å². The van der Waals surface area contributed by atoms with E-state index in [-0.39, 0.29) is 24.3 Å². The Kier molecular flexibility index (Phi) is 5.54. The van der Waals surface area contributed by atoms with E-state index in [1.807, 2.05) is 36.4 Å². The Morgan fingerprint density at radius 1 is 0.700 bits per heavy atom. The molecule has 0 fully saturated rings. The maximum absolute atomic E-state index is 12.5. The van der Waals surface area contributed by atoms with Gasteiger partial charge in [0, 0.05) is 21.5 Å². The molecule has 152 valence electrons. The van der Waals surface area contributed by atoms with E-state index in [0.717, 1.165) is 21.5 Å². The number of benzene rings is 4. The van der Waals surface area contributed by atoms with E-state index in [1.165, 1.54) is 0 Å². The van der Waals surface area contributed by atoms with Gasteiger partial charge in [-0.1, -0.05) is 47.5 Å². The molecule has 4 aromatic rings. The molecule has 0 aliphatic rings. The Balaban J connectivity index is 2.08. The molecule has 6 heteroatoms. The van der Waals surface area contributed by atoms with Crippen molar-refractivity contribution in [2.75, 3.05) is 13.2 Å². The first-order valence-electron chi connectivity index (χ1n) is 9.57. The fraction of sp³-hybridized carbons (Fsp3) is 0.167. The van der Waals surface area contributed by atoms with Crippen molar-refractivity contribution in [2.45, 2.75) is 13.8 Å². The molecule has 30 heavy (non-hydrogen) atoms. The molecule has 0 atom stereocenters. The lowest BCUT2D eigenvalue weighted by atomic mass is 9.96. The van der Waals surface area contributed by atoms with Crippen LogP contribution in [0.2, 0.25) is 10.0 Å². The van der Waals surface area contributed by atoms with Crippen LogP contribution in [0.5, 0.6) is 0 Å². The predicted molar refractivity (Wildman–Crippen MR) is 121 cm³/mol. The molecule has 0 saturated carbocycles. The van der Waals surface area contributed by atoms with Gasteiger partial charge in [-0.3, -0.25) is 0 Å². The van der Waals surface area contributed by atoms with Crippen molar-refractivity contribution < 1.29 is 19.1 Å². The van der Waals surface area contributed by atoms with Crippen molar-refractivity contribution in [2.24, 2.45) is 0 Å². The number of halogens is 2. The minimum Gasteiger partial charge on any atom is -0.462 e. The first kappa shape index (κ1) is 20.5. The molecule has 0 aromatic heterocycles. The summed E-state index contributed by atoms with van der Waals surface area (Å²) in [5.74, 6) is -1.20. The molecule has 0 heterocycles. The molecule has 0 bridgehead atoms. The van der Waals surface area contributed by atoms with Gasteiger partial charge in [0.2, 0.25) is 0 Å². The third-order valence-corrected chi connectivity index (χ3v) is 5.79. The van der Waals surface area contributed by atoms with Gasteiger partial charge in [-0.15, -0.1) is 0 Å². The van der Waals surface area contributed by atoms with Gasteiger partial charge in [0.1, 0.15) is 0 Å². The van der Waals surface area contributed by atoms with E-state index in [0.29, 0.717) is 20.8 Å². The fourth-order valence-corrected chi connectivity index (χ4v) is 4.27. The Morgan fingerprint density at radius 3 is 1.87 bits per heavy atom. The second kappa shape index (κ2) is 8.13. The van der Waals surface area contributed by atoms with Crippen molar-refractivity contribution in [3.8, 4) is 0 Å². The van der Waals surface area contributed by atoms with Crippen LogP contribution in [0.1, 0.15) is 34.6 Å². The molecule has 0 spiro atoms. The molecule has 0 aliphatic carbocycles. The zero-order chi connectivity index (χ0) is 21.4. The average molecular weight is 441 g/mol. The van der Waals surface area contributed by atoms with Gasteiger partial charge < -0.3 is 9.47 Å². The summed E-state index contributed by atoms with van der Waals surface area (Å²) in [4.78, 5) is 25.0. The number of esters is 2. The highest BCUT2D eigenvalue weighted by atomic mass is 35.5. The van der Waals surface area contributed by atoms with Crippen LogP contribution in [0, 0.1) is 0 Å². The lowest BCUT2D eigenvalue weighted by Crippen LogP contribution is -2.14. The predicted octanol–water partition coefficient (Wildman–Crippen LogP) is 6.81. The Morgan fingerprint density at radius 2 is 1.23 bits per heavy atom. The van der Waals surface area contributed by atoms with Crippen LogP contribution in [-0.2, 0) is 9.47 Å².